The maximum Gasteiger partial charge on any atom is 0.158 e. The molecule has 0 amide bonds. The molecule has 0 aromatic carbocycles. The van der Waals surface area contributed by atoms with Crippen LogP contribution in [0.4, 0.5) is 0 Å². The highest BCUT2D eigenvalue weighted by molar-refractivity contribution is 4.60. The molecule has 0 rings (SSSR count). The molecule has 0 spiro atoms. The molecule has 0 aromatic rings. The van der Waals surface area contributed by atoms with Gasteiger partial charge in [0.2, 0.25) is 0 Å². The van der Waals surface area contributed by atoms with Crippen LogP contribution in [0.15, 0.2) is 0 Å². The second kappa shape index (κ2) is 10.8. The Morgan fingerprint density at radius 2 is 1.56 bits per heavy atom. The maximum absolute atomic E-state index is 5.80. The standard InChI is InChI=1S/C15H32O3/c1-7-16-8-9-17-15(18-13(4)5)11-14(6)10-12(2)3/h12-15H,7-11H2,1-6H3. The molecule has 2 unspecified atom stereocenters. The minimum absolute atomic E-state index is 0.0980. The van der Waals surface area contributed by atoms with E-state index in [9.17, 15) is 0 Å². The topological polar surface area (TPSA) is 27.7 Å². The fraction of sp³-hybridized carbons (Fsp3) is 1.00. The zero-order valence-corrected chi connectivity index (χ0v) is 13.1. The molecule has 0 saturated carbocycles. The molecule has 0 bridgehead atoms. The van der Waals surface area contributed by atoms with Crippen LogP contribution in [0.3, 0.4) is 0 Å². The van der Waals surface area contributed by atoms with Gasteiger partial charge in [-0.1, -0.05) is 20.8 Å². The highest BCUT2D eigenvalue weighted by Gasteiger charge is 2.16. The third-order valence-electron chi connectivity index (χ3n) is 2.63. The Bertz CT molecular complexity index is 181. The van der Waals surface area contributed by atoms with Crippen molar-refractivity contribution in [2.45, 2.75) is 66.8 Å². The van der Waals surface area contributed by atoms with E-state index in [0.29, 0.717) is 19.1 Å². The molecule has 0 radical (unpaired) electrons. The van der Waals surface area contributed by atoms with E-state index in [1.165, 1.54) is 6.42 Å². The first-order valence-electron chi connectivity index (χ1n) is 7.30. The molecule has 110 valence electrons. The van der Waals surface area contributed by atoms with Gasteiger partial charge >= 0.3 is 0 Å². The minimum Gasteiger partial charge on any atom is -0.379 e. The average Bonchev–Trinajstić information content (AvgIpc) is 2.22. The van der Waals surface area contributed by atoms with Crippen molar-refractivity contribution in [1.29, 1.82) is 0 Å². The van der Waals surface area contributed by atoms with Gasteiger partial charge in [0.15, 0.2) is 6.29 Å². The molecule has 0 saturated heterocycles. The summed E-state index contributed by atoms with van der Waals surface area (Å²) in [6.45, 7) is 14.9. The lowest BCUT2D eigenvalue weighted by atomic mass is 9.96. The Morgan fingerprint density at radius 1 is 0.889 bits per heavy atom. The van der Waals surface area contributed by atoms with Crippen LogP contribution in [-0.2, 0) is 14.2 Å². The normalized spacial score (nSPS) is 15.3. The summed E-state index contributed by atoms with van der Waals surface area (Å²) in [5.74, 6) is 1.35. The largest absolute Gasteiger partial charge is 0.379 e. The van der Waals surface area contributed by atoms with E-state index >= 15 is 0 Å². The highest BCUT2D eigenvalue weighted by Crippen LogP contribution is 2.19. The van der Waals surface area contributed by atoms with Gasteiger partial charge in [0.25, 0.3) is 0 Å². The highest BCUT2D eigenvalue weighted by atomic mass is 16.7. The van der Waals surface area contributed by atoms with Gasteiger partial charge in [-0.3, -0.25) is 0 Å². The predicted octanol–water partition coefficient (Wildman–Crippen LogP) is 3.86. The Labute approximate surface area is 113 Å². The van der Waals surface area contributed by atoms with E-state index < -0.39 is 0 Å². The Hall–Kier alpha value is -0.120. The second-order valence-electron chi connectivity index (χ2n) is 5.65. The zero-order chi connectivity index (χ0) is 14.0. The van der Waals surface area contributed by atoms with E-state index in [-0.39, 0.29) is 12.4 Å². The molecule has 0 aliphatic heterocycles. The first-order chi connectivity index (χ1) is 8.45. The lowest BCUT2D eigenvalue weighted by molar-refractivity contribution is -0.177. The summed E-state index contributed by atoms with van der Waals surface area (Å²) in [6, 6.07) is 0. The lowest BCUT2D eigenvalue weighted by Gasteiger charge is -2.24. The summed E-state index contributed by atoms with van der Waals surface area (Å²) < 4.78 is 16.8. The van der Waals surface area contributed by atoms with Crippen LogP contribution in [0.1, 0.15) is 54.4 Å². The summed E-state index contributed by atoms with van der Waals surface area (Å²) in [4.78, 5) is 0. The van der Waals surface area contributed by atoms with Gasteiger partial charge in [-0.2, -0.15) is 0 Å². The van der Waals surface area contributed by atoms with Crippen molar-refractivity contribution in [3.8, 4) is 0 Å². The van der Waals surface area contributed by atoms with E-state index in [4.69, 9.17) is 14.2 Å². The SMILES string of the molecule is CCOCCOC(CC(C)CC(C)C)OC(C)C. The van der Waals surface area contributed by atoms with Crippen LogP contribution >= 0.6 is 0 Å². The molecule has 0 heterocycles. The third-order valence-corrected chi connectivity index (χ3v) is 2.63. The second-order valence-corrected chi connectivity index (χ2v) is 5.65. The summed E-state index contributed by atoms with van der Waals surface area (Å²) >= 11 is 0. The van der Waals surface area contributed by atoms with Crippen molar-refractivity contribution in [3.63, 3.8) is 0 Å². The molecule has 2 atom stereocenters. The van der Waals surface area contributed by atoms with Crippen LogP contribution in [0, 0.1) is 11.8 Å². The molecule has 0 aliphatic carbocycles. The molecule has 18 heavy (non-hydrogen) atoms. The van der Waals surface area contributed by atoms with E-state index in [2.05, 4.69) is 20.8 Å². The molecule has 0 aliphatic rings. The number of rotatable bonds is 11. The van der Waals surface area contributed by atoms with Gasteiger partial charge in [0, 0.05) is 13.0 Å². The smallest absolute Gasteiger partial charge is 0.158 e. The van der Waals surface area contributed by atoms with Crippen molar-refractivity contribution in [2.75, 3.05) is 19.8 Å². The lowest BCUT2D eigenvalue weighted by Crippen LogP contribution is -2.25. The number of ether oxygens (including phenoxy) is 3. The molecule has 0 N–H and O–H groups in total. The Morgan fingerprint density at radius 3 is 2.06 bits per heavy atom. The van der Waals surface area contributed by atoms with Crippen molar-refractivity contribution < 1.29 is 14.2 Å². The van der Waals surface area contributed by atoms with Gasteiger partial charge in [-0.15, -0.1) is 0 Å². The number of hydrogen-bond donors (Lipinski definition) is 0. The quantitative estimate of drug-likeness (QED) is 0.417. The van der Waals surface area contributed by atoms with E-state index in [1.807, 2.05) is 20.8 Å². The zero-order valence-electron chi connectivity index (χ0n) is 13.1. The first-order valence-corrected chi connectivity index (χ1v) is 7.30. The Balaban J connectivity index is 3.97. The predicted molar refractivity (Wildman–Crippen MR) is 75.7 cm³/mol. The summed E-state index contributed by atoms with van der Waals surface area (Å²) in [6.07, 6.45) is 2.28. The van der Waals surface area contributed by atoms with Crippen LogP contribution in [0.5, 0.6) is 0 Å². The molecular weight excluding hydrogens is 228 g/mol. The van der Waals surface area contributed by atoms with Crippen molar-refractivity contribution in [1.82, 2.24) is 0 Å². The molecule has 0 aromatic heterocycles. The Kier molecular flexibility index (Phi) is 10.7. The summed E-state index contributed by atoms with van der Waals surface area (Å²) in [7, 11) is 0. The molecule has 3 heteroatoms. The van der Waals surface area contributed by atoms with Crippen LogP contribution in [-0.4, -0.2) is 32.2 Å². The van der Waals surface area contributed by atoms with Gasteiger partial charge in [-0.25, -0.2) is 0 Å². The van der Waals surface area contributed by atoms with Crippen molar-refractivity contribution in [3.05, 3.63) is 0 Å². The van der Waals surface area contributed by atoms with Crippen LogP contribution in [0.2, 0.25) is 0 Å². The fourth-order valence-electron chi connectivity index (χ4n) is 2.08. The van der Waals surface area contributed by atoms with Gasteiger partial charge < -0.3 is 14.2 Å². The van der Waals surface area contributed by atoms with Gasteiger partial charge in [0.1, 0.15) is 0 Å². The van der Waals surface area contributed by atoms with Crippen molar-refractivity contribution in [2.24, 2.45) is 11.8 Å². The number of hydrogen-bond acceptors (Lipinski definition) is 3. The van der Waals surface area contributed by atoms with Gasteiger partial charge in [-0.05, 0) is 39.0 Å². The summed E-state index contributed by atoms with van der Waals surface area (Å²) in [5, 5.41) is 0. The van der Waals surface area contributed by atoms with E-state index in [1.54, 1.807) is 0 Å². The monoisotopic (exact) mass is 260 g/mol. The first kappa shape index (κ1) is 17.9. The van der Waals surface area contributed by atoms with Crippen LogP contribution in [0.25, 0.3) is 0 Å². The third kappa shape index (κ3) is 11.0. The van der Waals surface area contributed by atoms with Crippen molar-refractivity contribution >= 4 is 0 Å². The molecule has 0 fully saturated rings. The summed E-state index contributed by atoms with van der Waals surface area (Å²) in [5.41, 5.74) is 0. The minimum atomic E-state index is -0.0980. The maximum atomic E-state index is 5.80. The average molecular weight is 260 g/mol. The fourth-order valence-corrected chi connectivity index (χ4v) is 2.08. The van der Waals surface area contributed by atoms with E-state index in [0.717, 1.165) is 18.9 Å². The molecular formula is C15H32O3. The van der Waals surface area contributed by atoms with Crippen LogP contribution < -0.4 is 0 Å². The molecule has 3 nitrogen and oxygen atoms in total. The van der Waals surface area contributed by atoms with Gasteiger partial charge in [0.05, 0.1) is 19.3 Å².